The summed E-state index contributed by atoms with van der Waals surface area (Å²) in [4.78, 5) is 28.8. The minimum absolute atomic E-state index is 0.0550. The van der Waals surface area contributed by atoms with E-state index in [1.807, 2.05) is 37.3 Å². The summed E-state index contributed by atoms with van der Waals surface area (Å²) in [7, 11) is 0. The van der Waals surface area contributed by atoms with Crippen LogP contribution in [0.2, 0.25) is 10.0 Å². The van der Waals surface area contributed by atoms with Crippen LogP contribution in [0.1, 0.15) is 53.6 Å². The Morgan fingerprint density at radius 2 is 1.64 bits per heavy atom. The van der Waals surface area contributed by atoms with E-state index in [9.17, 15) is 14.7 Å². The molecular formula is C38H33Cl2N3O5S2. The van der Waals surface area contributed by atoms with Gasteiger partial charge in [0.25, 0.3) is 5.78 Å². The predicted molar refractivity (Wildman–Crippen MR) is 200 cm³/mol. The summed E-state index contributed by atoms with van der Waals surface area (Å²) in [5, 5.41) is 21.6. The summed E-state index contributed by atoms with van der Waals surface area (Å²) in [6.07, 6.45) is 1.92. The fourth-order valence-corrected chi connectivity index (χ4v) is 7.79. The van der Waals surface area contributed by atoms with Crippen molar-refractivity contribution in [3.05, 3.63) is 134 Å². The number of aromatic nitrogens is 2. The highest BCUT2D eigenvalue weighted by Crippen LogP contribution is 2.44. The quantitative estimate of drug-likeness (QED) is 0.0318. The van der Waals surface area contributed by atoms with Gasteiger partial charge in [0.15, 0.2) is 4.34 Å². The number of Topliss-reactive ketones (excluding diaryl/α,β-unsaturated/α-hetero) is 1. The fraction of sp³-hybridized carbons (Fsp3) is 0.211. The molecule has 0 bridgehead atoms. The van der Waals surface area contributed by atoms with Gasteiger partial charge in [-0.05, 0) is 84.1 Å². The van der Waals surface area contributed by atoms with Gasteiger partial charge in [-0.1, -0.05) is 102 Å². The van der Waals surface area contributed by atoms with Crippen molar-refractivity contribution >= 4 is 68.9 Å². The number of ether oxygens (including phenoxy) is 2. The predicted octanol–water partition coefficient (Wildman–Crippen LogP) is 9.83. The molecule has 1 N–H and O–H groups in total. The zero-order valence-corrected chi connectivity index (χ0v) is 30.4. The molecule has 4 aromatic carbocycles. The SMILES string of the molecule is CCCCOc1ccc(C2/C(=C(\O)c3ccc(OCc4ccccc4C)cc3)C(=O)C(=O)N2c2nnc(SCc3ccc(Cl)cc3Cl)s2)cc1. The van der Waals surface area contributed by atoms with Crippen molar-refractivity contribution in [1.82, 2.24) is 10.2 Å². The van der Waals surface area contributed by atoms with Crippen LogP contribution in [0.25, 0.3) is 5.76 Å². The molecule has 0 aliphatic carbocycles. The number of anilines is 1. The lowest BCUT2D eigenvalue weighted by Gasteiger charge is -2.22. The number of aliphatic hydroxyl groups is 1. The lowest BCUT2D eigenvalue weighted by Crippen LogP contribution is -2.29. The molecular weight excluding hydrogens is 713 g/mol. The maximum absolute atomic E-state index is 13.7. The minimum Gasteiger partial charge on any atom is -0.507 e. The molecule has 1 unspecified atom stereocenters. The number of carbonyl (C=O) groups is 2. The highest BCUT2D eigenvalue weighted by molar-refractivity contribution is 8.00. The first-order chi connectivity index (χ1) is 24.2. The Labute approximate surface area is 308 Å². The second-order valence-electron chi connectivity index (χ2n) is 11.6. The zero-order valence-electron chi connectivity index (χ0n) is 27.3. The fourth-order valence-electron chi connectivity index (χ4n) is 5.36. The number of benzene rings is 4. The molecule has 8 nitrogen and oxygen atoms in total. The number of aryl methyl sites for hydroxylation is 1. The molecule has 12 heteroatoms. The molecule has 1 amide bonds. The van der Waals surface area contributed by atoms with E-state index in [0.717, 1.165) is 29.5 Å². The van der Waals surface area contributed by atoms with Crippen LogP contribution in [0.4, 0.5) is 5.13 Å². The highest BCUT2D eigenvalue weighted by atomic mass is 35.5. The zero-order chi connectivity index (χ0) is 35.2. The molecule has 1 aliphatic rings. The van der Waals surface area contributed by atoms with Crippen LogP contribution < -0.4 is 14.4 Å². The Morgan fingerprint density at radius 1 is 0.920 bits per heavy atom. The van der Waals surface area contributed by atoms with E-state index in [0.29, 0.717) is 56.0 Å². The Morgan fingerprint density at radius 3 is 2.36 bits per heavy atom. The monoisotopic (exact) mass is 745 g/mol. The van der Waals surface area contributed by atoms with Crippen molar-refractivity contribution in [1.29, 1.82) is 0 Å². The van der Waals surface area contributed by atoms with Gasteiger partial charge in [-0.3, -0.25) is 14.5 Å². The third-order valence-corrected chi connectivity index (χ3v) is 10.8. The van der Waals surface area contributed by atoms with E-state index in [2.05, 4.69) is 17.1 Å². The summed E-state index contributed by atoms with van der Waals surface area (Å²) in [6.45, 7) is 5.07. The Bertz CT molecular complexity index is 2030. The molecule has 1 saturated heterocycles. The lowest BCUT2D eigenvalue weighted by atomic mass is 9.95. The van der Waals surface area contributed by atoms with Crippen LogP contribution in [0.15, 0.2) is 101 Å². The number of nitrogens with zero attached hydrogens (tertiary/aromatic N) is 3. The first-order valence-electron chi connectivity index (χ1n) is 15.9. The molecule has 0 radical (unpaired) electrons. The average molecular weight is 747 g/mol. The summed E-state index contributed by atoms with van der Waals surface area (Å²) in [5.41, 5.74) is 3.97. The number of amides is 1. The number of halogens is 2. The van der Waals surface area contributed by atoms with Gasteiger partial charge in [-0.2, -0.15) is 0 Å². The van der Waals surface area contributed by atoms with E-state index in [-0.39, 0.29) is 16.5 Å². The van der Waals surface area contributed by atoms with Crippen molar-refractivity contribution in [3.63, 3.8) is 0 Å². The molecule has 5 aromatic rings. The smallest absolute Gasteiger partial charge is 0.301 e. The van der Waals surface area contributed by atoms with Crippen molar-refractivity contribution < 1.29 is 24.2 Å². The molecule has 1 aromatic heterocycles. The van der Waals surface area contributed by atoms with Crippen molar-refractivity contribution in [2.24, 2.45) is 0 Å². The van der Waals surface area contributed by atoms with Crippen LogP contribution in [0.3, 0.4) is 0 Å². The van der Waals surface area contributed by atoms with Gasteiger partial charge in [-0.25, -0.2) is 0 Å². The summed E-state index contributed by atoms with van der Waals surface area (Å²) >= 11 is 15.0. The molecule has 2 heterocycles. The average Bonchev–Trinajstić information content (AvgIpc) is 3.69. The number of hydrogen-bond donors (Lipinski definition) is 1. The number of ketones is 1. The third-order valence-electron chi connectivity index (χ3n) is 8.16. The lowest BCUT2D eigenvalue weighted by molar-refractivity contribution is -0.132. The Kier molecular flexibility index (Phi) is 11.4. The van der Waals surface area contributed by atoms with Gasteiger partial charge < -0.3 is 14.6 Å². The van der Waals surface area contributed by atoms with Crippen LogP contribution in [0, 0.1) is 6.92 Å². The summed E-state index contributed by atoms with van der Waals surface area (Å²) < 4.78 is 12.4. The molecule has 1 fully saturated rings. The number of aliphatic hydroxyl groups excluding tert-OH is 1. The molecule has 6 rings (SSSR count). The largest absolute Gasteiger partial charge is 0.507 e. The number of thioether (sulfide) groups is 1. The van der Waals surface area contributed by atoms with Crippen LogP contribution in [-0.4, -0.2) is 33.6 Å². The first kappa shape index (κ1) is 35.5. The standard InChI is InChI=1S/C38H33Cl2N3O5S2/c1-3-4-19-47-29-15-10-24(11-16-29)33-32(34(44)25-12-17-30(18-13-25)48-21-26-8-6-5-7-23(26)2)35(45)36(46)43(33)37-41-42-38(50-37)49-22-27-9-14-28(39)20-31(27)40/h5-18,20,33,44H,3-4,19,21-22H2,1-2H3/b34-32+. The van der Waals surface area contributed by atoms with Crippen LogP contribution in [0.5, 0.6) is 11.5 Å². The van der Waals surface area contributed by atoms with Gasteiger partial charge in [0.2, 0.25) is 5.13 Å². The third kappa shape index (κ3) is 8.00. The van der Waals surface area contributed by atoms with E-state index in [1.165, 1.54) is 28.0 Å². The van der Waals surface area contributed by atoms with E-state index < -0.39 is 17.7 Å². The minimum atomic E-state index is -0.965. The van der Waals surface area contributed by atoms with E-state index in [1.54, 1.807) is 60.7 Å². The molecule has 256 valence electrons. The maximum Gasteiger partial charge on any atom is 0.301 e. The molecule has 1 atom stereocenters. The Balaban J connectivity index is 1.30. The topological polar surface area (TPSA) is 102 Å². The van der Waals surface area contributed by atoms with Crippen molar-refractivity contribution in [2.75, 3.05) is 11.5 Å². The number of hydrogen-bond acceptors (Lipinski definition) is 9. The van der Waals surface area contributed by atoms with E-state index >= 15 is 0 Å². The Hall–Kier alpha value is -4.35. The number of unbranched alkanes of at least 4 members (excludes halogenated alkanes) is 1. The van der Waals surface area contributed by atoms with Crippen LogP contribution in [-0.2, 0) is 21.9 Å². The molecule has 0 spiro atoms. The second kappa shape index (κ2) is 16.1. The van der Waals surface area contributed by atoms with Gasteiger partial charge in [0, 0.05) is 21.4 Å². The van der Waals surface area contributed by atoms with Gasteiger partial charge >= 0.3 is 5.91 Å². The van der Waals surface area contributed by atoms with E-state index in [4.69, 9.17) is 32.7 Å². The van der Waals surface area contributed by atoms with Gasteiger partial charge in [0.1, 0.15) is 23.9 Å². The number of carbonyl (C=O) groups excluding carboxylic acids is 2. The van der Waals surface area contributed by atoms with Crippen molar-refractivity contribution in [3.8, 4) is 11.5 Å². The summed E-state index contributed by atoms with van der Waals surface area (Å²) in [5.74, 6) is -0.188. The van der Waals surface area contributed by atoms with Gasteiger partial charge in [0.05, 0.1) is 18.2 Å². The normalized spacial score (nSPS) is 15.4. The highest BCUT2D eigenvalue weighted by Gasteiger charge is 2.48. The molecule has 1 aliphatic heterocycles. The van der Waals surface area contributed by atoms with Crippen LogP contribution >= 0.6 is 46.3 Å². The van der Waals surface area contributed by atoms with Gasteiger partial charge in [-0.15, -0.1) is 10.2 Å². The van der Waals surface area contributed by atoms with Crippen molar-refractivity contribution in [2.45, 2.75) is 49.4 Å². The maximum atomic E-state index is 13.7. The summed E-state index contributed by atoms with van der Waals surface area (Å²) in [6, 6.07) is 26.2. The molecule has 0 saturated carbocycles. The second-order valence-corrected chi connectivity index (χ2v) is 14.6. The number of rotatable bonds is 13. The molecule has 50 heavy (non-hydrogen) atoms. The first-order valence-corrected chi connectivity index (χ1v) is 18.5.